The largest absolute Gasteiger partial charge is 0.339 e. The van der Waals surface area contributed by atoms with Crippen molar-refractivity contribution >= 4 is 15.9 Å². The number of hydrogen-bond acceptors (Lipinski definition) is 4. The smallest absolute Gasteiger partial charge is 0.241 e. The van der Waals surface area contributed by atoms with Gasteiger partial charge in [-0.3, -0.25) is 4.79 Å². The molecule has 1 aromatic carbocycles. The molecule has 1 saturated heterocycles. The minimum absolute atomic E-state index is 0.170. The molecule has 0 aromatic heterocycles. The number of rotatable bonds is 5. The summed E-state index contributed by atoms with van der Waals surface area (Å²) in [4.78, 5) is 16.5. The van der Waals surface area contributed by atoms with Crippen molar-refractivity contribution in [1.29, 1.82) is 0 Å². The highest BCUT2D eigenvalue weighted by Gasteiger charge is 2.24. The summed E-state index contributed by atoms with van der Waals surface area (Å²) in [7, 11) is -3.70. The topological polar surface area (TPSA) is 69.7 Å². The average Bonchev–Trinajstić information content (AvgIpc) is 2.51. The third-order valence-corrected chi connectivity index (χ3v) is 6.16. The van der Waals surface area contributed by atoms with E-state index < -0.39 is 10.0 Å². The van der Waals surface area contributed by atoms with Crippen LogP contribution in [0.2, 0.25) is 0 Å². The zero-order valence-corrected chi connectivity index (χ0v) is 15.7. The van der Waals surface area contributed by atoms with Gasteiger partial charge in [0.05, 0.1) is 11.4 Å². The Kier molecular flexibility index (Phi) is 6.01. The van der Waals surface area contributed by atoms with Crippen LogP contribution in [-0.4, -0.2) is 63.4 Å². The van der Waals surface area contributed by atoms with Crippen LogP contribution >= 0.6 is 0 Å². The molecule has 24 heavy (non-hydrogen) atoms. The Labute approximate surface area is 144 Å². The lowest BCUT2D eigenvalue weighted by Crippen LogP contribution is -2.51. The summed E-state index contributed by atoms with van der Waals surface area (Å²) in [5, 5.41) is 0. The zero-order chi connectivity index (χ0) is 17.9. The van der Waals surface area contributed by atoms with Gasteiger partial charge >= 0.3 is 0 Å². The number of nitrogens with one attached hydrogen (secondary N) is 1. The van der Waals surface area contributed by atoms with Gasteiger partial charge in [0.2, 0.25) is 15.9 Å². The van der Waals surface area contributed by atoms with E-state index in [2.05, 4.69) is 16.5 Å². The van der Waals surface area contributed by atoms with Crippen molar-refractivity contribution in [2.45, 2.75) is 32.6 Å². The van der Waals surface area contributed by atoms with Crippen LogP contribution in [0.15, 0.2) is 17.0 Å². The van der Waals surface area contributed by atoms with E-state index in [-0.39, 0.29) is 17.3 Å². The number of likely N-dealkylation sites (N-methyl/N-ethyl adjacent to an activating group) is 1. The van der Waals surface area contributed by atoms with Crippen LogP contribution in [0.25, 0.3) is 0 Å². The molecule has 0 aliphatic carbocycles. The second-order valence-electron chi connectivity index (χ2n) is 6.37. The quantitative estimate of drug-likeness (QED) is 0.859. The lowest BCUT2D eigenvalue weighted by molar-refractivity contribution is -0.131. The molecule has 1 N–H and O–H groups in total. The van der Waals surface area contributed by atoms with Gasteiger partial charge in [-0.1, -0.05) is 24.6 Å². The summed E-state index contributed by atoms with van der Waals surface area (Å²) in [6, 6.07) is 3.68. The van der Waals surface area contributed by atoms with E-state index in [1.165, 1.54) is 0 Å². The number of benzene rings is 1. The molecule has 1 amide bonds. The molecule has 1 aromatic rings. The van der Waals surface area contributed by atoms with E-state index in [4.69, 9.17) is 0 Å². The summed E-state index contributed by atoms with van der Waals surface area (Å²) >= 11 is 0. The van der Waals surface area contributed by atoms with Gasteiger partial charge in [-0.15, -0.1) is 0 Å². The fourth-order valence-corrected chi connectivity index (χ4v) is 4.67. The molecule has 2 rings (SSSR count). The number of carbonyl (C=O) groups excluding carboxylic acids is 1. The number of hydrogen-bond donors (Lipinski definition) is 1. The molecule has 0 radical (unpaired) electrons. The van der Waals surface area contributed by atoms with Gasteiger partial charge in [-0.25, -0.2) is 13.1 Å². The Hall–Kier alpha value is -1.44. The SMILES string of the molecule is CCN1CCN(C(=O)CNS(=O)(=O)c2c(C)cc(C)cc2C)CC1. The van der Waals surface area contributed by atoms with Crippen LogP contribution in [0.4, 0.5) is 0 Å². The second kappa shape index (κ2) is 7.63. The van der Waals surface area contributed by atoms with E-state index >= 15 is 0 Å². The number of sulfonamides is 1. The van der Waals surface area contributed by atoms with Gasteiger partial charge in [-0.2, -0.15) is 0 Å². The van der Waals surface area contributed by atoms with E-state index in [9.17, 15) is 13.2 Å². The highest BCUT2D eigenvalue weighted by Crippen LogP contribution is 2.21. The fourth-order valence-electron chi connectivity index (χ4n) is 3.24. The van der Waals surface area contributed by atoms with Crippen molar-refractivity contribution in [2.75, 3.05) is 39.3 Å². The summed E-state index contributed by atoms with van der Waals surface area (Å²) in [6.45, 7) is 11.3. The molecule has 0 bridgehead atoms. The molecule has 1 aliphatic heterocycles. The number of nitrogens with zero attached hydrogens (tertiary/aromatic N) is 2. The molecule has 1 fully saturated rings. The van der Waals surface area contributed by atoms with Crippen molar-refractivity contribution < 1.29 is 13.2 Å². The van der Waals surface area contributed by atoms with Crippen LogP contribution in [0.1, 0.15) is 23.6 Å². The number of amides is 1. The Morgan fingerprint density at radius 2 is 1.62 bits per heavy atom. The number of aryl methyl sites for hydroxylation is 3. The number of carbonyl (C=O) groups is 1. The summed E-state index contributed by atoms with van der Waals surface area (Å²) in [5.41, 5.74) is 2.42. The Morgan fingerprint density at radius 3 is 2.12 bits per heavy atom. The van der Waals surface area contributed by atoms with E-state index in [0.717, 1.165) is 25.2 Å². The van der Waals surface area contributed by atoms with Gasteiger partial charge in [0.1, 0.15) is 0 Å². The first-order valence-electron chi connectivity index (χ1n) is 8.32. The molecule has 1 aliphatic rings. The molecule has 0 spiro atoms. The summed E-state index contributed by atoms with van der Waals surface area (Å²) in [5.74, 6) is -0.170. The Bertz CT molecular complexity index is 685. The molecular weight excluding hydrogens is 326 g/mol. The lowest BCUT2D eigenvalue weighted by atomic mass is 10.1. The monoisotopic (exact) mass is 353 g/mol. The standard InChI is InChI=1S/C17H27N3O3S/c1-5-19-6-8-20(9-7-19)16(21)12-18-24(22,23)17-14(3)10-13(2)11-15(17)4/h10-11,18H,5-9,12H2,1-4H3. The lowest BCUT2D eigenvalue weighted by Gasteiger charge is -2.34. The van der Waals surface area contributed by atoms with Gasteiger partial charge < -0.3 is 9.80 Å². The van der Waals surface area contributed by atoms with Crippen LogP contribution in [0.5, 0.6) is 0 Å². The third kappa shape index (κ3) is 4.34. The average molecular weight is 353 g/mol. The van der Waals surface area contributed by atoms with E-state index in [1.54, 1.807) is 18.7 Å². The van der Waals surface area contributed by atoms with Gasteiger partial charge in [0.25, 0.3) is 0 Å². The maximum absolute atomic E-state index is 12.6. The first-order chi connectivity index (χ1) is 11.2. The number of piperazine rings is 1. The van der Waals surface area contributed by atoms with Crippen molar-refractivity contribution in [3.63, 3.8) is 0 Å². The predicted molar refractivity (Wildman–Crippen MR) is 94.5 cm³/mol. The predicted octanol–water partition coefficient (Wildman–Crippen LogP) is 1.05. The van der Waals surface area contributed by atoms with Gasteiger partial charge in [-0.05, 0) is 38.4 Å². The zero-order valence-electron chi connectivity index (χ0n) is 14.9. The molecule has 7 heteroatoms. The normalized spacial score (nSPS) is 16.4. The van der Waals surface area contributed by atoms with Crippen molar-refractivity contribution in [1.82, 2.24) is 14.5 Å². The van der Waals surface area contributed by atoms with Crippen molar-refractivity contribution in [3.8, 4) is 0 Å². The first-order valence-corrected chi connectivity index (χ1v) is 9.80. The van der Waals surface area contributed by atoms with Gasteiger partial charge in [0.15, 0.2) is 0 Å². The minimum atomic E-state index is -3.70. The summed E-state index contributed by atoms with van der Waals surface area (Å²) in [6.07, 6.45) is 0. The van der Waals surface area contributed by atoms with Gasteiger partial charge in [0, 0.05) is 26.2 Å². The molecule has 6 nitrogen and oxygen atoms in total. The Morgan fingerprint density at radius 1 is 1.08 bits per heavy atom. The van der Waals surface area contributed by atoms with E-state index in [1.807, 2.05) is 19.1 Å². The van der Waals surface area contributed by atoms with Crippen molar-refractivity contribution in [3.05, 3.63) is 28.8 Å². The fraction of sp³-hybridized carbons (Fsp3) is 0.588. The van der Waals surface area contributed by atoms with Crippen LogP contribution in [-0.2, 0) is 14.8 Å². The Balaban J connectivity index is 2.02. The third-order valence-electron chi connectivity index (χ3n) is 4.46. The molecule has 0 atom stereocenters. The second-order valence-corrected chi connectivity index (χ2v) is 8.07. The van der Waals surface area contributed by atoms with Crippen LogP contribution < -0.4 is 4.72 Å². The highest BCUT2D eigenvalue weighted by atomic mass is 32.2. The highest BCUT2D eigenvalue weighted by molar-refractivity contribution is 7.89. The summed E-state index contributed by atoms with van der Waals surface area (Å²) < 4.78 is 27.6. The molecule has 0 unspecified atom stereocenters. The first kappa shape index (κ1) is 18.9. The molecule has 1 heterocycles. The molecule has 134 valence electrons. The minimum Gasteiger partial charge on any atom is -0.339 e. The maximum Gasteiger partial charge on any atom is 0.241 e. The van der Waals surface area contributed by atoms with E-state index in [0.29, 0.717) is 24.2 Å². The molecular formula is C17H27N3O3S. The maximum atomic E-state index is 12.6. The molecule has 0 saturated carbocycles. The van der Waals surface area contributed by atoms with Crippen molar-refractivity contribution in [2.24, 2.45) is 0 Å². The van der Waals surface area contributed by atoms with Crippen LogP contribution in [0.3, 0.4) is 0 Å². The van der Waals surface area contributed by atoms with Crippen LogP contribution in [0, 0.1) is 20.8 Å².